The number of hydrogen-bond donors (Lipinski definition) is 2. The largest absolute Gasteiger partial charge is 0.439 e. The van der Waals surface area contributed by atoms with E-state index in [1.807, 2.05) is 116 Å². The van der Waals surface area contributed by atoms with E-state index < -0.39 is 12.2 Å². The van der Waals surface area contributed by atoms with Gasteiger partial charge in [-0.1, -0.05) is 72.8 Å². The van der Waals surface area contributed by atoms with Crippen molar-refractivity contribution in [1.82, 2.24) is 4.98 Å². The highest BCUT2D eigenvalue weighted by molar-refractivity contribution is 5.65. The predicted octanol–water partition coefficient (Wildman–Crippen LogP) is 8.42. The number of hydrogen-bond acceptors (Lipinski definition) is 5. The summed E-state index contributed by atoms with van der Waals surface area (Å²) in [5, 5.41) is 19.4. The Hall–Kier alpha value is -4.45. The highest BCUT2D eigenvalue weighted by atomic mass is 16.5. The van der Waals surface area contributed by atoms with Gasteiger partial charge in [-0.3, -0.25) is 0 Å². The minimum atomic E-state index is -0.482. The van der Waals surface area contributed by atoms with Crippen LogP contribution in [0.1, 0.15) is 42.7 Å². The van der Waals surface area contributed by atoms with Gasteiger partial charge < -0.3 is 19.7 Å². The molecule has 4 aromatic carbocycles. The van der Waals surface area contributed by atoms with Gasteiger partial charge in [0.2, 0.25) is 11.8 Å². The molecule has 0 saturated heterocycles. The van der Waals surface area contributed by atoms with E-state index in [1.54, 1.807) is 13.8 Å². The third kappa shape index (κ3) is 6.52. The Morgan fingerprint density at radius 3 is 1.13 bits per heavy atom. The van der Waals surface area contributed by atoms with Crippen LogP contribution >= 0.6 is 0 Å². The number of pyridine rings is 1. The molecular formula is C34H31NO4. The van der Waals surface area contributed by atoms with Gasteiger partial charge >= 0.3 is 0 Å². The molecule has 0 bridgehead atoms. The van der Waals surface area contributed by atoms with Crippen LogP contribution in [0.4, 0.5) is 0 Å². The lowest BCUT2D eigenvalue weighted by molar-refractivity contribution is 0.199. The molecule has 0 aliphatic rings. The molecule has 0 aliphatic carbocycles. The molecule has 5 heteroatoms. The molecule has 5 nitrogen and oxygen atoms in total. The van der Waals surface area contributed by atoms with Gasteiger partial charge in [-0.2, -0.15) is 4.98 Å². The van der Waals surface area contributed by atoms with Crippen LogP contribution in [0.25, 0.3) is 22.3 Å². The Morgan fingerprint density at radius 1 is 0.513 bits per heavy atom. The van der Waals surface area contributed by atoms with Gasteiger partial charge in [-0.25, -0.2) is 0 Å². The Balaban J connectivity index is 1.26. The average Bonchev–Trinajstić information content (AvgIpc) is 2.94. The summed E-state index contributed by atoms with van der Waals surface area (Å²) in [4.78, 5) is 4.55. The molecule has 0 aliphatic heterocycles. The maximum absolute atomic E-state index is 9.72. The summed E-state index contributed by atoms with van der Waals surface area (Å²) < 4.78 is 12.1. The summed E-state index contributed by atoms with van der Waals surface area (Å²) in [5.41, 5.74) is 7.00. The van der Waals surface area contributed by atoms with Gasteiger partial charge in [0.1, 0.15) is 11.5 Å². The molecule has 196 valence electrons. The number of ether oxygens (including phenoxy) is 2. The first-order valence-corrected chi connectivity index (χ1v) is 13.0. The first kappa shape index (κ1) is 26.2. The Labute approximate surface area is 229 Å². The Morgan fingerprint density at radius 2 is 0.821 bits per heavy atom. The SMILES string of the molecule is Cc1cc(Oc2ccc(-c3ccc(C(C)O)cc3)cc2)nc(Oc2ccc(-c3ccc(C(C)O)cc3)cc2)c1. The predicted molar refractivity (Wildman–Crippen MR) is 154 cm³/mol. The zero-order chi connectivity index (χ0) is 27.4. The quantitative estimate of drug-likeness (QED) is 0.216. The third-order valence-corrected chi connectivity index (χ3v) is 6.53. The van der Waals surface area contributed by atoms with Crippen molar-refractivity contribution >= 4 is 0 Å². The summed E-state index contributed by atoms with van der Waals surface area (Å²) in [5.74, 6) is 2.26. The van der Waals surface area contributed by atoms with E-state index in [2.05, 4.69) is 4.98 Å². The minimum Gasteiger partial charge on any atom is -0.439 e. The summed E-state index contributed by atoms with van der Waals surface area (Å²) >= 11 is 0. The molecule has 0 spiro atoms. The molecule has 2 unspecified atom stereocenters. The van der Waals surface area contributed by atoms with E-state index in [-0.39, 0.29) is 0 Å². The van der Waals surface area contributed by atoms with Crippen molar-refractivity contribution in [2.75, 3.05) is 0 Å². The van der Waals surface area contributed by atoms with Crippen LogP contribution in [-0.4, -0.2) is 15.2 Å². The lowest BCUT2D eigenvalue weighted by atomic mass is 10.0. The van der Waals surface area contributed by atoms with Gasteiger partial charge in [0.25, 0.3) is 0 Å². The number of aryl methyl sites for hydroxylation is 1. The lowest BCUT2D eigenvalue weighted by Gasteiger charge is -2.11. The van der Waals surface area contributed by atoms with Crippen molar-refractivity contribution in [2.45, 2.75) is 33.0 Å². The summed E-state index contributed by atoms with van der Waals surface area (Å²) in [6.07, 6.45) is -0.963. The number of benzene rings is 4. The van der Waals surface area contributed by atoms with Crippen molar-refractivity contribution < 1.29 is 19.7 Å². The second-order valence-electron chi connectivity index (χ2n) is 9.67. The average molecular weight is 518 g/mol. The molecule has 0 radical (unpaired) electrons. The van der Waals surface area contributed by atoms with Crippen molar-refractivity contribution in [1.29, 1.82) is 0 Å². The van der Waals surface area contributed by atoms with E-state index >= 15 is 0 Å². The normalized spacial score (nSPS) is 12.5. The molecule has 5 aromatic rings. The third-order valence-electron chi connectivity index (χ3n) is 6.53. The number of aliphatic hydroxyl groups is 2. The maximum atomic E-state index is 9.72. The molecular weight excluding hydrogens is 486 g/mol. The topological polar surface area (TPSA) is 71.8 Å². The van der Waals surface area contributed by atoms with Crippen molar-refractivity contribution in [2.24, 2.45) is 0 Å². The number of aromatic nitrogens is 1. The van der Waals surface area contributed by atoms with Crippen LogP contribution in [0, 0.1) is 6.92 Å². The number of nitrogens with zero attached hydrogens (tertiary/aromatic N) is 1. The first-order valence-electron chi connectivity index (χ1n) is 13.0. The second-order valence-corrected chi connectivity index (χ2v) is 9.67. The van der Waals surface area contributed by atoms with Crippen LogP contribution in [0.5, 0.6) is 23.3 Å². The summed E-state index contributed by atoms with van der Waals surface area (Å²) in [6, 6.07) is 35.1. The molecule has 1 heterocycles. The van der Waals surface area contributed by atoms with Crippen LogP contribution in [0.3, 0.4) is 0 Å². The monoisotopic (exact) mass is 517 g/mol. The van der Waals surface area contributed by atoms with E-state index in [0.29, 0.717) is 23.3 Å². The fraction of sp³-hybridized carbons (Fsp3) is 0.147. The van der Waals surface area contributed by atoms with Gasteiger partial charge in [-0.05, 0) is 84.0 Å². The fourth-order valence-corrected chi connectivity index (χ4v) is 4.29. The second kappa shape index (κ2) is 11.5. The Bertz CT molecular complexity index is 1410. The molecule has 2 N–H and O–H groups in total. The molecule has 0 saturated carbocycles. The van der Waals surface area contributed by atoms with Crippen LogP contribution in [0.2, 0.25) is 0 Å². The van der Waals surface area contributed by atoms with E-state index in [0.717, 1.165) is 38.9 Å². The standard InChI is InChI=1S/C34H31NO4/c1-22-20-33(38-31-16-12-29(13-17-31)27-8-4-25(5-9-27)23(2)36)35-34(21-22)39-32-18-14-30(15-19-32)28-10-6-26(7-11-28)24(3)37/h4-21,23-24,36-37H,1-3H3. The first-order chi connectivity index (χ1) is 18.8. The molecule has 2 atom stereocenters. The van der Waals surface area contributed by atoms with E-state index in [9.17, 15) is 10.2 Å². The number of rotatable bonds is 8. The van der Waals surface area contributed by atoms with E-state index in [4.69, 9.17) is 9.47 Å². The van der Waals surface area contributed by atoms with Gasteiger partial charge in [0, 0.05) is 12.1 Å². The van der Waals surface area contributed by atoms with Gasteiger partial charge in [0.15, 0.2) is 0 Å². The van der Waals surface area contributed by atoms with Crippen LogP contribution in [-0.2, 0) is 0 Å². The van der Waals surface area contributed by atoms with Gasteiger partial charge in [-0.15, -0.1) is 0 Å². The smallest absolute Gasteiger partial charge is 0.222 e. The zero-order valence-corrected chi connectivity index (χ0v) is 22.2. The van der Waals surface area contributed by atoms with Crippen LogP contribution in [0.15, 0.2) is 109 Å². The van der Waals surface area contributed by atoms with Crippen molar-refractivity contribution in [3.63, 3.8) is 0 Å². The highest BCUT2D eigenvalue weighted by Crippen LogP contribution is 2.30. The molecule has 5 rings (SSSR count). The van der Waals surface area contributed by atoms with Gasteiger partial charge in [0.05, 0.1) is 12.2 Å². The number of aliphatic hydroxyl groups excluding tert-OH is 2. The molecule has 0 amide bonds. The summed E-state index contributed by atoms with van der Waals surface area (Å²) in [6.45, 7) is 5.49. The van der Waals surface area contributed by atoms with E-state index in [1.165, 1.54) is 0 Å². The molecule has 1 aromatic heterocycles. The molecule has 0 fully saturated rings. The minimum absolute atomic E-state index is 0.453. The van der Waals surface area contributed by atoms with Crippen LogP contribution < -0.4 is 9.47 Å². The zero-order valence-electron chi connectivity index (χ0n) is 22.2. The van der Waals surface area contributed by atoms with Crippen molar-refractivity contribution in [3.8, 4) is 45.5 Å². The van der Waals surface area contributed by atoms with Crippen molar-refractivity contribution in [3.05, 3.63) is 126 Å². The fourth-order valence-electron chi connectivity index (χ4n) is 4.29. The molecule has 39 heavy (non-hydrogen) atoms. The summed E-state index contributed by atoms with van der Waals surface area (Å²) in [7, 11) is 0. The lowest BCUT2D eigenvalue weighted by Crippen LogP contribution is -1.94. The Kier molecular flexibility index (Phi) is 7.73. The maximum Gasteiger partial charge on any atom is 0.222 e. The highest BCUT2D eigenvalue weighted by Gasteiger charge is 2.08.